The fourth-order valence-electron chi connectivity index (χ4n) is 8.88. The monoisotopic (exact) mass is 748 g/mol. The average Bonchev–Trinajstić information content (AvgIpc) is 3.65. The van der Waals surface area contributed by atoms with Crippen molar-refractivity contribution in [1.29, 1.82) is 0 Å². The zero-order valence-corrected chi connectivity index (χ0v) is 30.3. The van der Waals surface area contributed by atoms with Gasteiger partial charge in [-0.2, -0.15) is 0 Å². The maximum absolute atomic E-state index is 14.0. The maximum atomic E-state index is 14.0. The number of hydrogen-bond acceptors (Lipinski definition) is 6. The van der Waals surface area contributed by atoms with Gasteiger partial charge in [-0.3, -0.25) is 14.5 Å². The molecule has 1 amide bonds. The third-order valence-corrected chi connectivity index (χ3v) is 11.8. The Morgan fingerprint density at radius 2 is 1.58 bits per heavy atom. The molecule has 0 radical (unpaired) electrons. The molecule has 0 bridgehead atoms. The van der Waals surface area contributed by atoms with E-state index in [1.165, 1.54) is 46.2 Å². The first-order valence-corrected chi connectivity index (χ1v) is 19.1. The van der Waals surface area contributed by atoms with Crippen LogP contribution in [0.1, 0.15) is 89.5 Å². The molecule has 55 heavy (non-hydrogen) atoms. The maximum Gasteiger partial charge on any atom is 0.309 e. The standard InChI is InChI=1S/C22H24F3N3O4.C22H19N/c23-12-8-15(24)20(16(25)9-12)19-10-18(27-32-19)21(29)26-17-6-7-28(11-14(17)22(30)31)13-4-2-1-3-5-13;23-22-18(20-13-19(20)14-6-2-1-3-7-14)11-10-17-16-9-5-4-8-15(16)12-21(17)22/h8-10,13-14,17H,1-7,11H2,(H,26,29)(H,30,31);1-11,19-20H,12-13,23H2/t14-,17-;19-,20+/m00/s1. The fraction of sp³-hybridized carbons (Fsp3) is 0.341. The number of aliphatic carboxylic acids is 1. The summed E-state index contributed by atoms with van der Waals surface area (Å²) in [6, 6.07) is 25.9. The van der Waals surface area contributed by atoms with E-state index in [9.17, 15) is 27.9 Å². The van der Waals surface area contributed by atoms with Crippen LogP contribution in [0.2, 0.25) is 0 Å². The predicted octanol–water partition coefficient (Wildman–Crippen LogP) is 8.71. The van der Waals surface area contributed by atoms with Gasteiger partial charge < -0.3 is 20.7 Å². The van der Waals surface area contributed by atoms with Gasteiger partial charge in [0.05, 0.1) is 11.5 Å². The predicted molar refractivity (Wildman–Crippen MR) is 203 cm³/mol. The highest BCUT2D eigenvalue weighted by atomic mass is 19.1. The Balaban J connectivity index is 0.000000163. The van der Waals surface area contributed by atoms with Crippen LogP contribution in [-0.4, -0.2) is 52.2 Å². The smallest absolute Gasteiger partial charge is 0.309 e. The molecule has 4 aromatic carbocycles. The van der Waals surface area contributed by atoms with E-state index in [-0.39, 0.29) is 11.5 Å². The number of rotatable bonds is 7. The van der Waals surface area contributed by atoms with Crippen LogP contribution in [0.15, 0.2) is 89.5 Å². The van der Waals surface area contributed by atoms with E-state index in [0.717, 1.165) is 43.9 Å². The Morgan fingerprint density at radius 3 is 2.33 bits per heavy atom. The number of nitrogens with two attached hydrogens (primary N) is 1. The topological polar surface area (TPSA) is 122 Å². The number of aromatic nitrogens is 1. The summed E-state index contributed by atoms with van der Waals surface area (Å²) in [4.78, 5) is 26.7. The first kappa shape index (κ1) is 36.6. The van der Waals surface area contributed by atoms with E-state index >= 15 is 0 Å². The van der Waals surface area contributed by atoms with Crippen molar-refractivity contribution < 1.29 is 32.4 Å². The lowest BCUT2D eigenvalue weighted by molar-refractivity contribution is -0.145. The summed E-state index contributed by atoms with van der Waals surface area (Å²) >= 11 is 0. The fourth-order valence-corrected chi connectivity index (χ4v) is 8.88. The molecule has 9 rings (SSSR count). The van der Waals surface area contributed by atoms with Crippen molar-refractivity contribution in [2.75, 3.05) is 18.8 Å². The van der Waals surface area contributed by atoms with Crippen molar-refractivity contribution in [3.05, 3.63) is 130 Å². The number of nitrogens with zero attached hydrogens (tertiary/aromatic N) is 2. The first-order chi connectivity index (χ1) is 26.7. The number of amides is 1. The number of nitrogen functional groups attached to an aromatic ring is 1. The minimum absolute atomic E-state index is 0.248. The van der Waals surface area contributed by atoms with E-state index in [1.54, 1.807) is 0 Å². The zero-order chi connectivity index (χ0) is 38.2. The largest absolute Gasteiger partial charge is 0.481 e. The lowest BCUT2D eigenvalue weighted by Crippen LogP contribution is -2.56. The number of likely N-dealkylation sites (tertiary alicyclic amines) is 1. The molecule has 3 fully saturated rings. The highest BCUT2D eigenvalue weighted by Crippen LogP contribution is 2.57. The minimum atomic E-state index is -1.19. The zero-order valence-electron chi connectivity index (χ0n) is 30.3. The van der Waals surface area contributed by atoms with Crippen LogP contribution in [0.4, 0.5) is 18.9 Å². The number of nitrogens with one attached hydrogen (secondary N) is 1. The molecule has 4 N–H and O–H groups in total. The molecular weight excluding hydrogens is 706 g/mol. The van der Waals surface area contributed by atoms with Crippen LogP contribution >= 0.6 is 0 Å². The molecule has 3 aliphatic carbocycles. The summed E-state index contributed by atoms with van der Waals surface area (Å²) in [5.41, 5.74) is 15.0. The van der Waals surface area contributed by atoms with Gasteiger partial charge in [0, 0.05) is 55.5 Å². The Labute approximate surface area is 317 Å². The summed E-state index contributed by atoms with van der Waals surface area (Å²) in [6.07, 6.45) is 8.27. The van der Waals surface area contributed by atoms with Gasteiger partial charge in [0.1, 0.15) is 17.5 Å². The summed E-state index contributed by atoms with van der Waals surface area (Å²) in [7, 11) is 0. The molecule has 0 spiro atoms. The van der Waals surface area contributed by atoms with Crippen molar-refractivity contribution in [1.82, 2.24) is 15.4 Å². The molecule has 4 aliphatic rings. The van der Waals surface area contributed by atoms with Crippen molar-refractivity contribution in [2.24, 2.45) is 5.92 Å². The van der Waals surface area contributed by atoms with E-state index in [4.69, 9.17) is 10.3 Å². The van der Waals surface area contributed by atoms with Gasteiger partial charge in [-0.15, -0.1) is 0 Å². The Hall–Kier alpha value is -5.42. The van der Waals surface area contributed by atoms with Crippen molar-refractivity contribution in [3.8, 4) is 22.5 Å². The number of hydrogen-bond donors (Lipinski definition) is 3. The molecule has 5 aromatic rings. The van der Waals surface area contributed by atoms with Crippen LogP contribution in [0.5, 0.6) is 0 Å². The van der Waals surface area contributed by atoms with Gasteiger partial charge in [0.2, 0.25) is 0 Å². The van der Waals surface area contributed by atoms with Gasteiger partial charge in [-0.05, 0) is 70.9 Å². The van der Waals surface area contributed by atoms with Crippen LogP contribution < -0.4 is 11.1 Å². The van der Waals surface area contributed by atoms with Gasteiger partial charge >= 0.3 is 5.97 Å². The normalized spacial score (nSPS) is 21.9. The second-order valence-electron chi connectivity index (χ2n) is 15.2. The molecule has 2 heterocycles. The van der Waals surface area contributed by atoms with Gasteiger partial charge in [0.15, 0.2) is 11.5 Å². The number of benzene rings is 4. The quantitative estimate of drug-likeness (QED) is 0.140. The number of fused-ring (bicyclic) bond motifs is 3. The van der Waals surface area contributed by atoms with Crippen molar-refractivity contribution >= 4 is 17.6 Å². The number of carboxylic acid groups (broad SMARTS) is 1. The van der Waals surface area contributed by atoms with Crippen molar-refractivity contribution in [3.63, 3.8) is 0 Å². The van der Waals surface area contributed by atoms with E-state index in [0.29, 0.717) is 49.5 Å². The third-order valence-electron chi connectivity index (χ3n) is 11.8. The molecule has 8 nitrogen and oxygen atoms in total. The first-order valence-electron chi connectivity index (χ1n) is 19.1. The van der Waals surface area contributed by atoms with E-state index in [2.05, 4.69) is 82.1 Å². The number of halogens is 3. The van der Waals surface area contributed by atoms with Crippen LogP contribution in [0, 0.1) is 23.4 Å². The summed E-state index contributed by atoms with van der Waals surface area (Å²) in [5.74, 6) is -5.08. The molecule has 0 unspecified atom stereocenters. The number of piperidine rings is 1. The number of carboxylic acids is 1. The van der Waals surface area contributed by atoms with Crippen LogP contribution in [0.25, 0.3) is 22.5 Å². The highest BCUT2D eigenvalue weighted by Gasteiger charge is 2.41. The summed E-state index contributed by atoms with van der Waals surface area (Å²) < 4.78 is 46.0. The highest BCUT2D eigenvalue weighted by molar-refractivity contribution is 5.93. The van der Waals surface area contributed by atoms with E-state index < -0.39 is 46.9 Å². The molecule has 1 aliphatic heterocycles. The van der Waals surface area contributed by atoms with Crippen LogP contribution in [0.3, 0.4) is 0 Å². The molecule has 11 heteroatoms. The second kappa shape index (κ2) is 15.4. The SMILES string of the molecule is Nc1c([C@H]2C[C@H]2c2ccccc2)ccc2c1Cc1ccccc1-2.O=C(N[C@H]1CCN(C2CCCCC2)C[C@@H]1C(=O)O)c1cc(-c2c(F)cc(F)cc2F)on1. The molecule has 1 saturated heterocycles. The Kier molecular flexibility index (Phi) is 10.2. The lowest BCUT2D eigenvalue weighted by atomic mass is 9.87. The van der Waals surface area contributed by atoms with Gasteiger partial charge in [0.25, 0.3) is 5.91 Å². The molecule has 4 atom stereocenters. The number of carbonyl (C=O) groups excluding carboxylic acids is 1. The lowest BCUT2D eigenvalue weighted by Gasteiger charge is -2.42. The molecular formula is C44H43F3N4O4. The number of anilines is 1. The Morgan fingerprint density at radius 1 is 0.855 bits per heavy atom. The summed E-state index contributed by atoms with van der Waals surface area (Å²) in [6.45, 7) is 1.02. The second-order valence-corrected chi connectivity index (χ2v) is 15.2. The van der Waals surface area contributed by atoms with Crippen molar-refractivity contribution in [2.45, 2.75) is 75.3 Å². The van der Waals surface area contributed by atoms with Gasteiger partial charge in [-0.25, -0.2) is 13.2 Å². The molecule has 1 aromatic heterocycles. The molecule has 2 saturated carbocycles. The van der Waals surface area contributed by atoms with E-state index in [1.807, 2.05) is 0 Å². The van der Waals surface area contributed by atoms with Gasteiger partial charge in [-0.1, -0.05) is 91.1 Å². The number of carbonyl (C=O) groups is 2. The minimum Gasteiger partial charge on any atom is -0.481 e. The average molecular weight is 749 g/mol. The third kappa shape index (κ3) is 7.50. The Bertz CT molecular complexity index is 2200. The summed E-state index contributed by atoms with van der Waals surface area (Å²) in [5, 5.41) is 15.9. The van der Waals surface area contributed by atoms with Crippen LogP contribution in [-0.2, 0) is 11.2 Å². The molecule has 284 valence electrons.